The van der Waals surface area contributed by atoms with Crippen molar-refractivity contribution in [3.05, 3.63) is 99.3 Å². The van der Waals surface area contributed by atoms with Crippen molar-refractivity contribution in [2.75, 3.05) is 13.2 Å². The van der Waals surface area contributed by atoms with Gasteiger partial charge in [-0.15, -0.1) is 0 Å². The van der Waals surface area contributed by atoms with Gasteiger partial charge in [-0.1, -0.05) is 83.9 Å². The first-order valence-electron chi connectivity index (χ1n) is 9.44. The first-order valence-corrected chi connectivity index (χ1v) is 10.2. The average molecular weight is 442 g/mol. The van der Waals surface area contributed by atoms with Crippen LogP contribution in [0.3, 0.4) is 0 Å². The summed E-state index contributed by atoms with van der Waals surface area (Å²) in [6.45, 7) is 0.454. The van der Waals surface area contributed by atoms with E-state index < -0.39 is 11.9 Å². The second-order valence-electron chi connectivity index (χ2n) is 6.90. The molecule has 6 heteroatoms. The normalized spacial score (nSPS) is 12.6. The molecule has 3 aromatic rings. The minimum absolute atomic E-state index is 0.00642. The fourth-order valence-corrected chi connectivity index (χ4v) is 4.06. The maximum Gasteiger partial charge on any atom is 0.407 e. The van der Waals surface area contributed by atoms with Gasteiger partial charge < -0.3 is 10.1 Å². The first-order chi connectivity index (χ1) is 14.5. The summed E-state index contributed by atoms with van der Waals surface area (Å²) in [6, 6.07) is 19.0. The standard InChI is InChI=1S/C24H18Cl2FNO2/c25-16-12-15(23(26)22(27)13-16)6-5-11-28-24(29)30-14-21-19-9-3-1-7-17(19)18-8-2-4-10-20(18)21/h1-10,12-13,21H,11,14H2,(H,28,29). The maximum atomic E-state index is 13.6. The molecule has 0 bridgehead atoms. The Kier molecular flexibility index (Phi) is 6.07. The van der Waals surface area contributed by atoms with Crippen LogP contribution in [0.15, 0.2) is 66.7 Å². The zero-order valence-electron chi connectivity index (χ0n) is 15.9. The zero-order chi connectivity index (χ0) is 21.1. The molecule has 152 valence electrons. The molecule has 0 fully saturated rings. The van der Waals surface area contributed by atoms with Crippen LogP contribution >= 0.6 is 23.2 Å². The summed E-state index contributed by atoms with van der Waals surface area (Å²) >= 11 is 11.8. The quantitative estimate of drug-likeness (QED) is 0.448. The second-order valence-corrected chi connectivity index (χ2v) is 7.71. The number of carbonyl (C=O) groups excluding carboxylic acids is 1. The highest BCUT2D eigenvalue weighted by Gasteiger charge is 2.28. The SMILES string of the molecule is O=C(NCC=Cc1cc(Cl)cc(F)c1Cl)OCC1c2ccccc2-c2ccccc21. The van der Waals surface area contributed by atoms with E-state index in [0.717, 1.165) is 17.2 Å². The number of carbonyl (C=O) groups is 1. The van der Waals surface area contributed by atoms with Crippen LogP contribution in [0.4, 0.5) is 9.18 Å². The number of ether oxygens (including phenoxy) is 1. The maximum absolute atomic E-state index is 13.6. The van der Waals surface area contributed by atoms with E-state index in [-0.39, 0.29) is 29.1 Å². The molecule has 4 rings (SSSR count). The predicted octanol–water partition coefficient (Wildman–Crippen LogP) is 6.68. The molecule has 1 amide bonds. The number of hydrogen-bond donors (Lipinski definition) is 1. The summed E-state index contributed by atoms with van der Waals surface area (Å²) in [7, 11) is 0. The van der Waals surface area contributed by atoms with Gasteiger partial charge in [0.15, 0.2) is 0 Å². The van der Waals surface area contributed by atoms with E-state index in [9.17, 15) is 9.18 Å². The fraction of sp³-hybridized carbons (Fsp3) is 0.125. The third-order valence-electron chi connectivity index (χ3n) is 5.03. The Morgan fingerprint density at radius 2 is 1.67 bits per heavy atom. The van der Waals surface area contributed by atoms with E-state index in [1.807, 2.05) is 24.3 Å². The average Bonchev–Trinajstić information content (AvgIpc) is 3.07. The number of nitrogens with one attached hydrogen (secondary N) is 1. The molecule has 3 nitrogen and oxygen atoms in total. The molecule has 1 aliphatic rings. The number of rotatable bonds is 5. The van der Waals surface area contributed by atoms with Gasteiger partial charge in [-0.2, -0.15) is 0 Å². The van der Waals surface area contributed by atoms with Gasteiger partial charge in [0.25, 0.3) is 0 Å². The second kappa shape index (κ2) is 8.90. The number of amides is 1. The van der Waals surface area contributed by atoms with Crippen molar-refractivity contribution in [1.29, 1.82) is 0 Å². The predicted molar refractivity (Wildman–Crippen MR) is 119 cm³/mol. The smallest absolute Gasteiger partial charge is 0.407 e. The Morgan fingerprint density at radius 3 is 2.33 bits per heavy atom. The monoisotopic (exact) mass is 441 g/mol. The highest BCUT2D eigenvalue weighted by atomic mass is 35.5. The summed E-state index contributed by atoms with van der Waals surface area (Å²) in [5.41, 5.74) is 5.11. The number of hydrogen-bond acceptors (Lipinski definition) is 2. The summed E-state index contributed by atoms with van der Waals surface area (Å²) in [5.74, 6) is -0.583. The molecule has 0 saturated carbocycles. The van der Waals surface area contributed by atoms with Gasteiger partial charge in [-0.3, -0.25) is 0 Å². The first kappa shape index (κ1) is 20.5. The van der Waals surface area contributed by atoms with E-state index in [2.05, 4.69) is 29.6 Å². The lowest BCUT2D eigenvalue weighted by molar-refractivity contribution is 0.144. The molecular formula is C24H18Cl2FNO2. The highest BCUT2D eigenvalue weighted by molar-refractivity contribution is 6.34. The van der Waals surface area contributed by atoms with Gasteiger partial charge in [0.2, 0.25) is 0 Å². The molecule has 0 aliphatic heterocycles. The number of benzene rings is 3. The highest BCUT2D eigenvalue weighted by Crippen LogP contribution is 2.44. The van der Waals surface area contributed by atoms with Gasteiger partial charge >= 0.3 is 6.09 Å². The summed E-state index contributed by atoms with van der Waals surface area (Å²) in [5, 5.41) is 2.89. The molecule has 30 heavy (non-hydrogen) atoms. The lowest BCUT2D eigenvalue weighted by atomic mass is 9.98. The van der Waals surface area contributed by atoms with Crippen molar-refractivity contribution in [3.63, 3.8) is 0 Å². The molecule has 0 heterocycles. The van der Waals surface area contributed by atoms with Crippen LogP contribution in [-0.2, 0) is 4.74 Å². The minimum Gasteiger partial charge on any atom is -0.449 e. The zero-order valence-corrected chi connectivity index (χ0v) is 17.4. The Morgan fingerprint density at radius 1 is 1.03 bits per heavy atom. The van der Waals surface area contributed by atoms with Gasteiger partial charge in [-0.25, -0.2) is 9.18 Å². The molecular weight excluding hydrogens is 424 g/mol. The van der Waals surface area contributed by atoms with Crippen molar-refractivity contribution in [2.45, 2.75) is 5.92 Å². The van der Waals surface area contributed by atoms with Crippen LogP contribution in [-0.4, -0.2) is 19.2 Å². The molecule has 1 aliphatic carbocycles. The summed E-state index contributed by atoms with van der Waals surface area (Å²) in [6.07, 6.45) is 2.73. The van der Waals surface area contributed by atoms with Crippen molar-refractivity contribution in [3.8, 4) is 11.1 Å². The fourth-order valence-electron chi connectivity index (χ4n) is 3.67. The van der Waals surface area contributed by atoms with Crippen LogP contribution in [0.25, 0.3) is 17.2 Å². The summed E-state index contributed by atoms with van der Waals surface area (Å²) < 4.78 is 19.1. The van der Waals surface area contributed by atoms with Crippen LogP contribution in [0.2, 0.25) is 10.0 Å². The Labute approximate surface area is 184 Å². The van der Waals surface area contributed by atoms with Crippen molar-refractivity contribution < 1.29 is 13.9 Å². The van der Waals surface area contributed by atoms with Crippen LogP contribution < -0.4 is 5.32 Å². The van der Waals surface area contributed by atoms with Crippen LogP contribution in [0, 0.1) is 5.82 Å². The van der Waals surface area contributed by atoms with E-state index in [4.69, 9.17) is 27.9 Å². The molecule has 3 aromatic carbocycles. The van der Waals surface area contributed by atoms with Gasteiger partial charge in [0.05, 0.1) is 5.02 Å². The number of alkyl carbamates (subject to hydrolysis) is 1. The third-order valence-corrected chi connectivity index (χ3v) is 5.64. The molecule has 0 spiro atoms. The number of halogens is 3. The molecule has 1 N–H and O–H groups in total. The van der Waals surface area contributed by atoms with Crippen LogP contribution in [0.1, 0.15) is 22.6 Å². The lowest BCUT2D eigenvalue weighted by Gasteiger charge is -2.14. The van der Waals surface area contributed by atoms with E-state index in [1.54, 1.807) is 18.2 Å². The Bertz CT molecular complexity index is 1080. The number of fused-ring (bicyclic) bond motifs is 3. The molecule has 0 aromatic heterocycles. The van der Waals surface area contributed by atoms with Crippen molar-refractivity contribution in [2.24, 2.45) is 0 Å². The van der Waals surface area contributed by atoms with Crippen molar-refractivity contribution in [1.82, 2.24) is 5.32 Å². The lowest BCUT2D eigenvalue weighted by Crippen LogP contribution is -2.26. The van der Waals surface area contributed by atoms with Crippen LogP contribution in [0.5, 0.6) is 0 Å². The van der Waals surface area contributed by atoms with Gasteiger partial charge in [0, 0.05) is 17.5 Å². The molecule has 0 atom stereocenters. The summed E-state index contributed by atoms with van der Waals surface area (Å²) in [4.78, 5) is 12.1. The van der Waals surface area contributed by atoms with E-state index in [1.165, 1.54) is 11.1 Å². The largest absolute Gasteiger partial charge is 0.449 e. The molecule has 0 saturated heterocycles. The molecule has 0 unspecified atom stereocenters. The third kappa shape index (κ3) is 4.20. The van der Waals surface area contributed by atoms with Crippen molar-refractivity contribution >= 4 is 35.4 Å². The van der Waals surface area contributed by atoms with E-state index in [0.29, 0.717) is 5.56 Å². The van der Waals surface area contributed by atoms with Gasteiger partial charge in [0.1, 0.15) is 12.4 Å². The van der Waals surface area contributed by atoms with E-state index >= 15 is 0 Å². The topological polar surface area (TPSA) is 38.3 Å². The van der Waals surface area contributed by atoms with Gasteiger partial charge in [-0.05, 0) is 39.9 Å². The Hall–Kier alpha value is -2.82. The minimum atomic E-state index is -0.590. The molecule has 0 radical (unpaired) electrons. The Balaban J connectivity index is 1.35.